The molecule has 7 heteroatoms. The standard InChI is InChI=1S/C21H17N3O3S/c1-13(18-8-5-11-28-18)22-19(25)14-9-10-16-17(12-14)23-21(27)24(20(16)26)15-6-3-2-4-7-15/h2-13H,1H3,(H,22,25)(H,23,27)/t13-/m1/s1. The van der Waals surface area contributed by atoms with E-state index in [1.807, 2.05) is 30.5 Å². The van der Waals surface area contributed by atoms with Crippen molar-refractivity contribution in [1.82, 2.24) is 14.9 Å². The summed E-state index contributed by atoms with van der Waals surface area (Å²) in [5, 5.41) is 5.22. The Morgan fingerprint density at radius 3 is 2.57 bits per heavy atom. The normalized spacial score (nSPS) is 12.0. The molecule has 4 rings (SSSR count). The van der Waals surface area contributed by atoms with Crippen molar-refractivity contribution in [1.29, 1.82) is 0 Å². The highest BCUT2D eigenvalue weighted by Gasteiger charge is 2.15. The molecule has 0 saturated carbocycles. The number of hydrogen-bond acceptors (Lipinski definition) is 4. The fourth-order valence-corrected chi connectivity index (χ4v) is 3.79. The number of carbonyl (C=O) groups excluding carboxylic acids is 1. The van der Waals surface area contributed by atoms with Gasteiger partial charge in [-0.2, -0.15) is 0 Å². The van der Waals surface area contributed by atoms with Gasteiger partial charge in [-0.3, -0.25) is 9.59 Å². The number of thiophene rings is 1. The second kappa shape index (κ2) is 7.28. The van der Waals surface area contributed by atoms with Gasteiger partial charge < -0.3 is 10.3 Å². The summed E-state index contributed by atoms with van der Waals surface area (Å²) >= 11 is 1.57. The monoisotopic (exact) mass is 391 g/mol. The van der Waals surface area contributed by atoms with Crippen molar-refractivity contribution < 1.29 is 4.79 Å². The Kier molecular flexibility index (Phi) is 4.67. The molecule has 0 aliphatic carbocycles. The van der Waals surface area contributed by atoms with E-state index in [2.05, 4.69) is 10.3 Å². The van der Waals surface area contributed by atoms with Gasteiger partial charge in [0.1, 0.15) is 0 Å². The Labute approximate surface area is 164 Å². The van der Waals surface area contributed by atoms with E-state index in [1.165, 1.54) is 6.07 Å². The van der Waals surface area contributed by atoms with Crippen LogP contribution in [0.1, 0.15) is 28.2 Å². The number of nitrogens with zero attached hydrogens (tertiary/aromatic N) is 1. The van der Waals surface area contributed by atoms with Crippen LogP contribution >= 0.6 is 11.3 Å². The number of aromatic nitrogens is 2. The largest absolute Gasteiger partial charge is 0.345 e. The summed E-state index contributed by atoms with van der Waals surface area (Å²) in [6, 6.07) is 17.2. The number of H-pyrrole nitrogens is 1. The fraction of sp³-hybridized carbons (Fsp3) is 0.0952. The first-order valence-electron chi connectivity index (χ1n) is 8.73. The van der Waals surface area contributed by atoms with Gasteiger partial charge in [-0.25, -0.2) is 9.36 Å². The van der Waals surface area contributed by atoms with E-state index in [0.29, 0.717) is 22.2 Å². The van der Waals surface area contributed by atoms with Crippen molar-refractivity contribution in [3.8, 4) is 5.69 Å². The van der Waals surface area contributed by atoms with Crippen molar-refractivity contribution in [2.45, 2.75) is 13.0 Å². The lowest BCUT2D eigenvalue weighted by Gasteiger charge is -2.13. The van der Waals surface area contributed by atoms with Crippen LogP contribution in [-0.4, -0.2) is 15.5 Å². The highest BCUT2D eigenvalue weighted by Crippen LogP contribution is 2.19. The molecule has 0 bridgehead atoms. The van der Waals surface area contributed by atoms with Crippen molar-refractivity contribution in [2.24, 2.45) is 0 Å². The zero-order valence-corrected chi connectivity index (χ0v) is 15.8. The molecule has 2 aromatic heterocycles. The van der Waals surface area contributed by atoms with Gasteiger partial charge >= 0.3 is 5.69 Å². The van der Waals surface area contributed by atoms with Crippen LogP contribution in [0.15, 0.2) is 75.6 Å². The van der Waals surface area contributed by atoms with E-state index in [1.54, 1.807) is 47.7 Å². The molecule has 140 valence electrons. The van der Waals surface area contributed by atoms with E-state index in [-0.39, 0.29) is 11.9 Å². The summed E-state index contributed by atoms with van der Waals surface area (Å²) in [6.07, 6.45) is 0. The first kappa shape index (κ1) is 17.9. The first-order valence-corrected chi connectivity index (χ1v) is 9.61. The van der Waals surface area contributed by atoms with E-state index in [0.717, 1.165) is 9.44 Å². The Balaban J connectivity index is 1.71. The average molecular weight is 391 g/mol. The van der Waals surface area contributed by atoms with Crippen molar-refractivity contribution >= 4 is 28.1 Å². The Morgan fingerprint density at radius 1 is 1.07 bits per heavy atom. The van der Waals surface area contributed by atoms with Gasteiger partial charge in [0.2, 0.25) is 0 Å². The third kappa shape index (κ3) is 3.27. The van der Waals surface area contributed by atoms with Gasteiger partial charge in [0.25, 0.3) is 11.5 Å². The minimum absolute atomic E-state index is 0.131. The molecule has 4 aromatic rings. The van der Waals surface area contributed by atoms with Gasteiger partial charge in [-0.1, -0.05) is 24.3 Å². The van der Waals surface area contributed by atoms with E-state index in [4.69, 9.17) is 0 Å². The third-order valence-electron chi connectivity index (χ3n) is 4.49. The topological polar surface area (TPSA) is 84.0 Å². The van der Waals surface area contributed by atoms with Gasteiger partial charge in [-0.05, 0) is 48.7 Å². The Bertz CT molecular complexity index is 1260. The number of aromatic amines is 1. The van der Waals surface area contributed by atoms with Crippen LogP contribution in [0.5, 0.6) is 0 Å². The van der Waals surface area contributed by atoms with E-state index in [9.17, 15) is 14.4 Å². The molecule has 1 atom stereocenters. The molecule has 0 fully saturated rings. The molecule has 0 saturated heterocycles. The van der Waals surface area contributed by atoms with E-state index < -0.39 is 11.2 Å². The number of hydrogen-bond donors (Lipinski definition) is 2. The Hall–Kier alpha value is -3.45. The smallest absolute Gasteiger partial charge is 0.333 e. The highest BCUT2D eigenvalue weighted by molar-refractivity contribution is 7.10. The van der Waals surface area contributed by atoms with Crippen LogP contribution in [0.3, 0.4) is 0 Å². The molecule has 0 spiro atoms. The molecule has 1 amide bonds. The summed E-state index contributed by atoms with van der Waals surface area (Å²) in [4.78, 5) is 41.6. The fourth-order valence-electron chi connectivity index (χ4n) is 3.06. The number of fused-ring (bicyclic) bond motifs is 1. The quantitative estimate of drug-likeness (QED) is 0.560. The lowest BCUT2D eigenvalue weighted by molar-refractivity contribution is 0.0940. The number of benzene rings is 2. The van der Waals surface area contributed by atoms with Crippen molar-refractivity contribution in [3.05, 3.63) is 97.3 Å². The summed E-state index contributed by atoms with van der Waals surface area (Å²) in [5.74, 6) is -0.268. The van der Waals surface area contributed by atoms with Gasteiger partial charge in [0, 0.05) is 10.4 Å². The predicted molar refractivity (Wildman–Crippen MR) is 110 cm³/mol. The molecular weight excluding hydrogens is 374 g/mol. The molecule has 2 N–H and O–H groups in total. The first-order chi connectivity index (χ1) is 13.5. The lowest BCUT2D eigenvalue weighted by atomic mass is 10.1. The summed E-state index contributed by atoms with van der Waals surface area (Å²) in [6.45, 7) is 1.91. The SMILES string of the molecule is C[C@@H](NC(=O)c1ccc2c(=O)n(-c3ccccc3)c(=O)[nH]c2c1)c1cccs1. The van der Waals surface area contributed by atoms with Crippen LogP contribution in [0.4, 0.5) is 0 Å². The average Bonchev–Trinajstić information content (AvgIpc) is 3.23. The summed E-state index contributed by atoms with van der Waals surface area (Å²) < 4.78 is 1.08. The van der Waals surface area contributed by atoms with Crippen LogP contribution in [0, 0.1) is 0 Å². The number of nitrogens with one attached hydrogen (secondary N) is 2. The van der Waals surface area contributed by atoms with Crippen LogP contribution < -0.4 is 16.6 Å². The van der Waals surface area contributed by atoms with Crippen LogP contribution in [0.2, 0.25) is 0 Å². The molecule has 2 aromatic carbocycles. The molecule has 6 nitrogen and oxygen atoms in total. The lowest BCUT2D eigenvalue weighted by Crippen LogP contribution is -2.33. The van der Waals surface area contributed by atoms with E-state index >= 15 is 0 Å². The molecule has 0 aliphatic rings. The molecular formula is C21H17N3O3S. The summed E-state index contributed by atoms with van der Waals surface area (Å²) in [5.41, 5.74) is 0.223. The van der Waals surface area contributed by atoms with Crippen LogP contribution in [-0.2, 0) is 0 Å². The second-order valence-electron chi connectivity index (χ2n) is 6.38. The molecule has 0 unspecified atom stereocenters. The predicted octanol–water partition coefficient (Wildman–Crippen LogP) is 3.23. The maximum absolute atomic E-state index is 12.8. The maximum atomic E-state index is 12.8. The molecule has 28 heavy (non-hydrogen) atoms. The minimum Gasteiger partial charge on any atom is -0.345 e. The molecule has 2 heterocycles. The van der Waals surface area contributed by atoms with Crippen LogP contribution in [0.25, 0.3) is 16.6 Å². The zero-order chi connectivity index (χ0) is 19.7. The van der Waals surface area contributed by atoms with Gasteiger partial charge in [0.05, 0.1) is 22.6 Å². The molecule has 0 radical (unpaired) electrons. The zero-order valence-electron chi connectivity index (χ0n) is 15.0. The molecule has 0 aliphatic heterocycles. The van der Waals surface area contributed by atoms with Gasteiger partial charge in [0.15, 0.2) is 0 Å². The van der Waals surface area contributed by atoms with Crippen molar-refractivity contribution in [2.75, 3.05) is 0 Å². The van der Waals surface area contributed by atoms with Crippen molar-refractivity contribution in [3.63, 3.8) is 0 Å². The maximum Gasteiger partial charge on any atom is 0.333 e. The second-order valence-corrected chi connectivity index (χ2v) is 7.36. The summed E-state index contributed by atoms with van der Waals surface area (Å²) in [7, 11) is 0. The van der Waals surface area contributed by atoms with Gasteiger partial charge in [-0.15, -0.1) is 11.3 Å². The Morgan fingerprint density at radius 2 is 1.86 bits per heavy atom. The number of para-hydroxylation sites is 1. The third-order valence-corrected chi connectivity index (χ3v) is 5.55. The number of rotatable bonds is 4. The number of carbonyl (C=O) groups is 1. The minimum atomic E-state index is -0.548. The highest BCUT2D eigenvalue weighted by atomic mass is 32.1. The number of amides is 1.